The molecule has 0 radical (unpaired) electrons. The highest BCUT2D eigenvalue weighted by atomic mass is 16.6. The van der Waals surface area contributed by atoms with Crippen molar-refractivity contribution in [1.29, 1.82) is 0 Å². The van der Waals surface area contributed by atoms with Crippen molar-refractivity contribution in [2.24, 2.45) is 11.1 Å². The molecule has 1 aliphatic rings. The van der Waals surface area contributed by atoms with E-state index in [0.717, 1.165) is 5.71 Å². The maximum atomic E-state index is 5.80. The van der Waals surface area contributed by atoms with Gasteiger partial charge >= 0.3 is 0 Å². The Morgan fingerprint density at radius 2 is 1.58 bits per heavy atom. The van der Waals surface area contributed by atoms with Gasteiger partial charge in [-0.1, -0.05) is 84.0 Å². The summed E-state index contributed by atoms with van der Waals surface area (Å²) in [6.07, 6.45) is 2.42. The van der Waals surface area contributed by atoms with Gasteiger partial charge in [-0.2, -0.15) is 0 Å². The maximum Gasteiger partial charge on any atom is 0.142 e. The summed E-state index contributed by atoms with van der Waals surface area (Å²) >= 11 is 0. The van der Waals surface area contributed by atoms with Crippen LogP contribution in [0, 0.1) is 12.8 Å². The van der Waals surface area contributed by atoms with Gasteiger partial charge in [-0.05, 0) is 47.6 Å². The Morgan fingerprint density at radius 3 is 2.27 bits per heavy atom. The van der Waals surface area contributed by atoms with Crippen molar-refractivity contribution in [3.63, 3.8) is 0 Å². The van der Waals surface area contributed by atoms with E-state index in [9.17, 15) is 0 Å². The molecule has 2 nitrogen and oxygen atoms in total. The molecule has 0 bridgehead atoms. The number of rotatable bonds is 6. The second kappa shape index (κ2) is 7.57. The topological polar surface area (TPSA) is 21.6 Å². The van der Waals surface area contributed by atoms with Gasteiger partial charge in [0, 0.05) is 5.92 Å². The van der Waals surface area contributed by atoms with E-state index in [-0.39, 0.29) is 0 Å². The molecule has 1 saturated carbocycles. The minimum atomic E-state index is 0.496. The molecule has 0 N–H and O–H groups in total. The Balaban J connectivity index is 1.53. The van der Waals surface area contributed by atoms with Crippen LogP contribution < -0.4 is 0 Å². The number of oxime groups is 1. The van der Waals surface area contributed by atoms with Gasteiger partial charge in [-0.25, -0.2) is 0 Å². The lowest BCUT2D eigenvalue weighted by Crippen LogP contribution is -2.05. The maximum absolute atomic E-state index is 5.80. The number of hydrogen-bond donors (Lipinski definition) is 0. The predicted octanol–water partition coefficient (Wildman–Crippen LogP) is 5.99. The Hall–Kier alpha value is -2.87. The van der Waals surface area contributed by atoms with Crippen LogP contribution in [0.4, 0.5) is 0 Å². The summed E-state index contributed by atoms with van der Waals surface area (Å²) in [6.45, 7) is 2.65. The second-order valence-corrected chi connectivity index (χ2v) is 6.85. The number of nitrogens with zero attached hydrogens (tertiary/aromatic N) is 1. The van der Waals surface area contributed by atoms with Crippen molar-refractivity contribution >= 4 is 5.71 Å². The lowest BCUT2D eigenvalue weighted by Gasteiger charge is -2.11. The molecule has 26 heavy (non-hydrogen) atoms. The van der Waals surface area contributed by atoms with Crippen LogP contribution in [0.1, 0.15) is 29.5 Å². The van der Waals surface area contributed by atoms with Gasteiger partial charge in [0.05, 0.1) is 5.71 Å². The zero-order valence-electron chi connectivity index (χ0n) is 15.1. The second-order valence-electron chi connectivity index (χ2n) is 6.85. The van der Waals surface area contributed by atoms with Gasteiger partial charge in [-0.15, -0.1) is 0 Å². The summed E-state index contributed by atoms with van der Waals surface area (Å²) in [5, 5.41) is 4.51. The summed E-state index contributed by atoms with van der Waals surface area (Å²) in [5.74, 6) is 0.550. The molecule has 3 aromatic rings. The van der Waals surface area contributed by atoms with Crippen LogP contribution in [0.15, 0.2) is 84.0 Å². The minimum Gasteiger partial charge on any atom is -0.391 e. The fourth-order valence-electron chi connectivity index (χ4n) is 3.27. The van der Waals surface area contributed by atoms with Crippen molar-refractivity contribution in [2.45, 2.75) is 26.4 Å². The third kappa shape index (κ3) is 3.70. The van der Waals surface area contributed by atoms with Crippen molar-refractivity contribution < 1.29 is 4.84 Å². The largest absolute Gasteiger partial charge is 0.391 e. The van der Waals surface area contributed by atoms with Gasteiger partial charge in [0.15, 0.2) is 0 Å². The van der Waals surface area contributed by atoms with Crippen LogP contribution in [0.5, 0.6) is 0 Å². The summed E-state index contributed by atoms with van der Waals surface area (Å²) in [6, 6.07) is 27.2. The molecule has 0 atom stereocenters. The Labute approximate surface area is 155 Å². The first-order chi connectivity index (χ1) is 12.8. The SMILES string of the molecule is Cc1c(CON=C(c2ccccc2)C2CC2)cccc1-c1ccccc1. The number of benzene rings is 3. The molecule has 1 aliphatic carbocycles. The molecule has 0 aliphatic heterocycles. The smallest absolute Gasteiger partial charge is 0.142 e. The minimum absolute atomic E-state index is 0.496. The Morgan fingerprint density at radius 1 is 0.885 bits per heavy atom. The molecule has 130 valence electrons. The van der Waals surface area contributed by atoms with Crippen molar-refractivity contribution in [3.05, 3.63) is 95.6 Å². The summed E-state index contributed by atoms with van der Waals surface area (Å²) in [5.41, 5.74) is 7.17. The van der Waals surface area contributed by atoms with E-state index in [4.69, 9.17) is 4.84 Å². The van der Waals surface area contributed by atoms with E-state index in [1.54, 1.807) is 0 Å². The highest BCUT2D eigenvalue weighted by Crippen LogP contribution is 2.33. The van der Waals surface area contributed by atoms with Crippen molar-refractivity contribution in [3.8, 4) is 11.1 Å². The fraction of sp³-hybridized carbons (Fsp3) is 0.208. The number of hydrogen-bond acceptors (Lipinski definition) is 2. The third-order valence-corrected chi connectivity index (χ3v) is 4.95. The van der Waals surface area contributed by atoms with Gasteiger partial charge < -0.3 is 4.84 Å². The monoisotopic (exact) mass is 341 g/mol. The average Bonchev–Trinajstić information content (AvgIpc) is 3.53. The average molecular weight is 341 g/mol. The third-order valence-electron chi connectivity index (χ3n) is 4.95. The first kappa shape index (κ1) is 16.6. The van der Waals surface area contributed by atoms with E-state index in [0.29, 0.717) is 12.5 Å². The highest BCUT2D eigenvalue weighted by Gasteiger charge is 2.29. The van der Waals surface area contributed by atoms with E-state index in [1.165, 1.54) is 40.7 Å². The van der Waals surface area contributed by atoms with Crippen LogP contribution in [-0.4, -0.2) is 5.71 Å². The van der Waals surface area contributed by atoms with Crippen LogP contribution in [0.2, 0.25) is 0 Å². The highest BCUT2D eigenvalue weighted by molar-refractivity contribution is 6.03. The van der Waals surface area contributed by atoms with Crippen LogP contribution in [0.25, 0.3) is 11.1 Å². The van der Waals surface area contributed by atoms with E-state index >= 15 is 0 Å². The quantitative estimate of drug-likeness (QED) is 0.398. The molecule has 0 unspecified atom stereocenters. The first-order valence-corrected chi connectivity index (χ1v) is 9.22. The normalized spacial score (nSPS) is 14.3. The van der Waals surface area contributed by atoms with Crippen LogP contribution >= 0.6 is 0 Å². The molecule has 4 rings (SSSR count). The predicted molar refractivity (Wildman–Crippen MR) is 107 cm³/mol. The van der Waals surface area contributed by atoms with E-state index < -0.39 is 0 Å². The zero-order chi connectivity index (χ0) is 17.8. The standard InChI is InChI=1S/C24H23NO/c1-18-22(13-8-14-23(18)19-9-4-2-5-10-19)17-26-25-24(21-15-16-21)20-11-6-3-7-12-20/h2-14,21H,15-17H2,1H3. The molecule has 0 amide bonds. The van der Waals surface area contributed by atoms with Gasteiger partial charge in [-0.3, -0.25) is 0 Å². The molecular weight excluding hydrogens is 318 g/mol. The van der Waals surface area contributed by atoms with Gasteiger partial charge in [0.25, 0.3) is 0 Å². The van der Waals surface area contributed by atoms with Crippen LogP contribution in [0.3, 0.4) is 0 Å². The fourth-order valence-corrected chi connectivity index (χ4v) is 3.27. The zero-order valence-corrected chi connectivity index (χ0v) is 15.1. The van der Waals surface area contributed by atoms with Gasteiger partial charge in [0.1, 0.15) is 6.61 Å². The molecule has 0 saturated heterocycles. The molecule has 0 heterocycles. The van der Waals surface area contributed by atoms with Crippen molar-refractivity contribution in [2.75, 3.05) is 0 Å². The lowest BCUT2D eigenvalue weighted by atomic mass is 9.97. The van der Waals surface area contributed by atoms with E-state index in [1.807, 2.05) is 12.1 Å². The lowest BCUT2D eigenvalue weighted by molar-refractivity contribution is 0.129. The molecule has 1 fully saturated rings. The molecule has 0 aromatic heterocycles. The molecule has 3 aromatic carbocycles. The van der Waals surface area contributed by atoms with Crippen LogP contribution in [-0.2, 0) is 11.4 Å². The Kier molecular flexibility index (Phi) is 4.83. The summed E-state index contributed by atoms with van der Waals surface area (Å²) in [7, 11) is 0. The Bertz CT molecular complexity index is 896. The summed E-state index contributed by atoms with van der Waals surface area (Å²) < 4.78 is 0. The molecule has 2 heteroatoms. The van der Waals surface area contributed by atoms with Gasteiger partial charge in [0.2, 0.25) is 0 Å². The molecular formula is C24H23NO. The summed E-state index contributed by atoms with van der Waals surface area (Å²) in [4.78, 5) is 5.80. The van der Waals surface area contributed by atoms with E-state index in [2.05, 4.69) is 78.8 Å². The van der Waals surface area contributed by atoms with Crippen molar-refractivity contribution in [1.82, 2.24) is 0 Å². The molecule has 0 spiro atoms. The first-order valence-electron chi connectivity index (χ1n) is 9.22.